The molecule has 0 aliphatic rings. The summed E-state index contributed by atoms with van der Waals surface area (Å²) in [6, 6.07) is 0. The van der Waals surface area contributed by atoms with Crippen LogP contribution in [0.25, 0.3) is 0 Å². The van der Waals surface area contributed by atoms with E-state index in [0.29, 0.717) is 6.42 Å². The lowest BCUT2D eigenvalue weighted by Gasteiger charge is -1.97. The number of allylic oxidation sites excluding steroid dienone is 1. The molecule has 2 heteroatoms. The average molecular weight is 141 g/mol. The number of carbonyl (C=O) groups is 1. The molecule has 0 heterocycles. The van der Waals surface area contributed by atoms with Crippen LogP contribution in [0.2, 0.25) is 0 Å². The molecule has 58 valence electrons. The van der Waals surface area contributed by atoms with Gasteiger partial charge in [-0.15, -0.1) is 0 Å². The highest BCUT2D eigenvalue weighted by Gasteiger charge is 1.97. The van der Waals surface area contributed by atoms with Crippen LogP contribution < -0.4 is 5.32 Å². The molecule has 0 spiro atoms. The Kier molecular flexibility index (Phi) is 4.63. The average Bonchev–Trinajstić information content (AvgIpc) is 1.98. The Morgan fingerprint density at radius 1 is 1.50 bits per heavy atom. The van der Waals surface area contributed by atoms with Gasteiger partial charge in [-0.2, -0.15) is 0 Å². The van der Waals surface area contributed by atoms with E-state index in [9.17, 15) is 4.79 Å². The smallest absolute Gasteiger partial charge is 0.159 e. The van der Waals surface area contributed by atoms with Gasteiger partial charge < -0.3 is 5.32 Å². The van der Waals surface area contributed by atoms with E-state index in [0.717, 1.165) is 12.1 Å². The van der Waals surface area contributed by atoms with Gasteiger partial charge in [0.2, 0.25) is 0 Å². The van der Waals surface area contributed by atoms with Gasteiger partial charge in [0, 0.05) is 24.7 Å². The van der Waals surface area contributed by atoms with Crippen LogP contribution in [0.15, 0.2) is 11.8 Å². The summed E-state index contributed by atoms with van der Waals surface area (Å²) in [5.74, 6) is 0.209. The maximum absolute atomic E-state index is 10.9. The molecule has 2 nitrogen and oxygen atoms in total. The van der Waals surface area contributed by atoms with Gasteiger partial charge >= 0.3 is 0 Å². The molecular formula is C8H15NO. The highest BCUT2D eigenvalue weighted by Crippen LogP contribution is 1.95. The Hall–Kier alpha value is -0.790. The van der Waals surface area contributed by atoms with E-state index in [1.54, 1.807) is 6.20 Å². The van der Waals surface area contributed by atoms with Gasteiger partial charge in [0.05, 0.1) is 0 Å². The molecule has 0 aromatic rings. The number of hydrogen-bond donors (Lipinski definition) is 1. The lowest BCUT2D eigenvalue weighted by Crippen LogP contribution is -2.07. The number of rotatable bonds is 4. The minimum atomic E-state index is 0.209. The summed E-state index contributed by atoms with van der Waals surface area (Å²) in [6.07, 6.45) is 2.36. The largest absolute Gasteiger partial charge is 0.391 e. The van der Waals surface area contributed by atoms with Crippen LogP contribution in [0.4, 0.5) is 0 Å². The summed E-state index contributed by atoms with van der Waals surface area (Å²) in [6.45, 7) is 6.56. The van der Waals surface area contributed by atoms with Crippen LogP contribution in [-0.4, -0.2) is 12.3 Å². The van der Waals surface area contributed by atoms with Crippen molar-refractivity contribution in [3.05, 3.63) is 11.8 Å². The van der Waals surface area contributed by atoms with Crippen molar-refractivity contribution < 1.29 is 4.79 Å². The first-order valence-corrected chi connectivity index (χ1v) is 3.65. The quantitative estimate of drug-likeness (QED) is 0.601. The highest BCUT2D eigenvalue weighted by atomic mass is 16.1. The molecule has 0 fully saturated rings. The van der Waals surface area contributed by atoms with Gasteiger partial charge in [-0.1, -0.05) is 6.92 Å². The summed E-state index contributed by atoms with van der Waals surface area (Å²) in [4.78, 5) is 10.9. The topological polar surface area (TPSA) is 29.1 Å². The van der Waals surface area contributed by atoms with Gasteiger partial charge in [0.15, 0.2) is 5.78 Å². The van der Waals surface area contributed by atoms with Crippen molar-refractivity contribution in [3.63, 3.8) is 0 Å². The molecule has 0 aromatic carbocycles. The molecule has 1 N–H and O–H groups in total. The third-order valence-electron chi connectivity index (χ3n) is 1.28. The van der Waals surface area contributed by atoms with Crippen LogP contribution >= 0.6 is 0 Å². The van der Waals surface area contributed by atoms with Crippen molar-refractivity contribution in [2.45, 2.75) is 27.2 Å². The first kappa shape index (κ1) is 9.21. The summed E-state index contributed by atoms with van der Waals surface area (Å²) in [7, 11) is 0. The Morgan fingerprint density at radius 2 is 2.10 bits per heavy atom. The first-order valence-electron chi connectivity index (χ1n) is 3.65. The van der Waals surface area contributed by atoms with Crippen molar-refractivity contribution in [2.75, 3.05) is 6.54 Å². The molecular weight excluding hydrogens is 126 g/mol. The Bertz CT molecular complexity index is 138. The van der Waals surface area contributed by atoms with E-state index in [1.807, 2.05) is 20.8 Å². The fourth-order valence-electron chi connectivity index (χ4n) is 0.614. The zero-order valence-electron chi connectivity index (χ0n) is 6.90. The second-order valence-electron chi connectivity index (χ2n) is 2.16. The molecule has 0 aliphatic heterocycles. The van der Waals surface area contributed by atoms with Crippen molar-refractivity contribution in [3.8, 4) is 0 Å². The van der Waals surface area contributed by atoms with Gasteiger partial charge in [-0.3, -0.25) is 4.79 Å². The predicted molar refractivity (Wildman–Crippen MR) is 42.7 cm³/mol. The second kappa shape index (κ2) is 5.03. The maximum atomic E-state index is 10.9. The lowest BCUT2D eigenvalue weighted by molar-refractivity contribution is -0.115. The normalized spacial score (nSPS) is 11.3. The highest BCUT2D eigenvalue weighted by molar-refractivity contribution is 5.94. The van der Waals surface area contributed by atoms with Gasteiger partial charge in [-0.25, -0.2) is 0 Å². The molecule has 0 aliphatic carbocycles. The molecule has 0 aromatic heterocycles. The van der Waals surface area contributed by atoms with E-state index in [4.69, 9.17) is 0 Å². The molecule has 0 bridgehead atoms. The molecule has 0 atom stereocenters. The van der Waals surface area contributed by atoms with Crippen molar-refractivity contribution >= 4 is 5.78 Å². The zero-order chi connectivity index (χ0) is 7.98. The number of hydrogen-bond acceptors (Lipinski definition) is 2. The first-order chi connectivity index (χ1) is 4.72. The number of ketones is 1. The van der Waals surface area contributed by atoms with Crippen molar-refractivity contribution in [2.24, 2.45) is 0 Å². The Labute approximate surface area is 62.3 Å². The van der Waals surface area contributed by atoms with E-state index >= 15 is 0 Å². The molecule has 0 radical (unpaired) electrons. The Morgan fingerprint density at radius 3 is 2.50 bits per heavy atom. The molecule has 0 unspecified atom stereocenters. The maximum Gasteiger partial charge on any atom is 0.159 e. The van der Waals surface area contributed by atoms with E-state index in [-0.39, 0.29) is 5.78 Å². The fraction of sp³-hybridized carbons (Fsp3) is 0.625. The number of nitrogens with one attached hydrogen (secondary N) is 1. The van der Waals surface area contributed by atoms with Crippen molar-refractivity contribution in [1.29, 1.82) is 0 Å². The third kappa shape index (κ3) is 3.28. The lowest BCUT2D eigenvalue weighted by atomic mass is 10.2. The predicted octanol–water partition coefficient (Wildman–Crippen LogP) is 1.48. The fourth-order valence-corrected chi connectivity index (χ4v) is 0.614. The summed E-state index contributed by atoms with van der Waals surface area (Å²) in [5, 5.41) is 2.98. The van der Waals surface area contributed by atoms with E-state index in [2.05, 4.69) is 5.32 Å². The molecule has 0 rings (SSSR count). The molecule has 10 heavy (non-hydrogen) atoms. The van der Waals surface area contributed by atoms with Gasteiger partial charge in [-0.05, 0) is 13.8 Å². The SMILES string of the molecule is CCN/C=C(\C)C(=O)CC. The standard InChI is InChI=1S/C8H15NO/c1-4-8(10)7(3)6-9-5-2/h6,9H,4-5H2,1-3H3/b7-6+. The molecule has 0 saturated heterocycles. The minimum absolute atomic E-state index is 0.209. The van der Waals surface area contributed by atoms with E-state index < -0.39 is 0 Å². The number of Topliss-reactive ketones (excluding diaryl/α,β-unsaturated/α-hetero) is 1. The number of carbonyl (C=O) groups excluding carboxylic acids is 1. The summed E-state index contributed by atoms with van der Waals surface area (Å²) in [5.41, 5.74) is 0.810. The van der Waals surface area contributed by atoms with Crippen molar-refractivity contribution in [1.82, 2.24) is 5.32 Å². The zero-order valence-corrected chi connectivity index (χ0v) is 6.90. The van der Waals surface area contributed by atoms with Crippen LogP contribution in [0, 0.1) is 0 Å². The third-order valence-corrected chi connectivity index (χ3v) is 1.28. The molecule has 0 saturated carbocycles. The Balaban J connectivity index is 3.80. The second-order valence-corrected chi connectivity index (χ2v) is 2.16. The summed E-state index contributed by atoms with van der Waals surface area (Å²) >= 11 is 0. The van der Waals surface area contributed by atoms with Gasteiger partial charge in [0.25, 0.3) is 0 Å². The van der Waals surface area contributed by atoms with Crippen LogP contribution in [0.1, 0.15) is 27.2 Å². The van der Waals surface area contributed by atoms with Crippen LogP contribution in [0.5, 0.6) is 0 Å². The van der Waals surface area contributed by atoms with E-state index in [1.165, 1.54) is 0 Å². The van der Waals surface area contributed by atoms with Crippen LogP contribution in [-0.2, 0) is 4.79 Å². The molecule has 0 amide bonds. The summed E-state index contributed by atoms with van der Waals surface area (Å²) < 4.78 is 0. The van der Waals surface area contributed by atoms with Gasteiger partial charge in [0.1, 0.15) is 0 Å². The monoisotopic (exact) mass is 141 g/mol. The minimum Gasteiger partial charge on any atom is -0.391 e. The van der Waals surface area contributed by atoms with Crippen LogP contribution in [0.3, 0.4) is 0 Å².